The molecule has 0 saturated heterocycles. The molecular weight excluding hydrogens is 276 g/mol. The first-order valence-electron chi connectivity index (χ1n) is 7.03. The summed E-state index contributed by atoms with van der Waals surface area (Å²) in [6.45, 7) is 0.234. The number of nitro groups is 1. The molecule has 2 rings (SSSR count). The molecule has 0 bridgehead atoms. The van der Waals surface area contributed by atoms with Gasteiger partial charge in [-0.3, -0.25) is 4.79 Å². The van der Waals surface area contributed by atoms with Gasteiger partial charge < -0.3 is 10.1 Å². The number of hydrogen-bond acceptors (Lipinski definition) is 6. The average molecular weight is 294 g/mol. The first kappa shape index (κ1) is 15.1. The van der Waals surface area contributed by atoms with Crippen molar-refractivity contribution in [1.29, 1.82) is 0 Å². The van der Waals surface area contributed by atoms with Gasteiger partial charge in [0.1, 0.15) is 0 Å². The van der Waals surface area contributed by atoms with Gasteiger partial charge in [-0.2, -0.15) is 9.78 Å². The lowest BCUT2D eigenvalue weighted by atomic mass is 10.2. The normalized spacial score (nSPS) is 15.3. The van der Waals surface area contributed by atoms with Gasteiger partial charge in [-0.05, 0) is 30.6 Å². The number of hydrazone groups is 1. The Bertz CT molecular complexity index is 529. The third-order valence-corrected chi connectivity index (χ3v) is 3.28. The fourth-order valence-corrected chi connectivity index (χ4v) is 2.14. The van der Waals surface area contributed by atoms with Crippen LogP contribution in [0.25, 0.3) is 0 Å². The van der Waals surface area contributed by atoms with E-state index in [2.05, 4.69) is 20.6 Å². The predicted molar refractivity (Wildman–Crippen MR) is 74.6 cm³/mol. The number of carbonyl (C=O) groups excluding carboxylic acids is 1. The first-order valence-corrected chi connectivity index (χ1v) is 7.03. The highest BCUT2D eigenvalue weighted by molar-refractivity contribution is 5.86. The molecule has 114 valence electrons. The SMILES string of the molecule is O=C(CCn1cnc([N+](=O)[O-])n1)NN=C1CCCCCC1. The average Bonchev–Trinajstić information content (AvgIpc) is 2.79. The van der Waals surface area contributed by atoms with E-state index < -0.39 is 10.9 Å². The third kappa shape index (κ3) is 4.93. The smallest absolute Gasteiger partial charge is 0.390 e. The molecule has 0 unspecified atom stereocenters. The van der Waals surface area contributed by atoms with E-state index in [4.69, 9.17) is 0 Å². The van der Waals surface area contributed by atoms with Crippen LogP contribution in [0.2, 0.25) is 0 Å². The highest BCUT2D eigenvalue weighted by Gasteiger charge is 2.13. The van der Waals surface area contributed by atoms with Crippen LogP contribution in [0.5, 0.6) is 0 Å². The number of nitrogens with one attached hydrogen (secondary N) is 1. The summed E-state index contributed by atoms with van der Waals surface area (Å²) in [5.74, 6) is -0.695. The van der Waals surface area contributed by atoms with Crippen molar-refractivity contribution in [3.63, 3.8) is 0 Å². The monoisotopic (exact) mass is 294 g/mol. The molecule has 1 fully saturated rings. The predicted octanol–water partition coefficient (Wildman–Crippen LogP) is 1.40. The summed E-state index contributed by atoms with van der Waals surface area (Å²) < 4.78 is 1.27. The maximum absolute atomic E-state index is 11.7. The maximum Gasteiger partial charge on any atom is 0.490 e. The molecular formula is C12H18N6O3. The lowest BCUT2D eigenvalue weighted by molar-refractivity contribution is -0.394. The Morgan fingerprint density at radius 2 is 2.10 bits per heavy atom. The largest absolute Gasteiger partial charge is 0.490 e. The van der Waals surface area contributed by atoms with Gasteiger partial charge >= 0.3 is 5.95 Å². The Balaban J connectivity index is 1.76. The molecule has 1 aliphatic rings. The molecule has 9 heteroatoms. The van der Waals surface area contributed by atoms with E-state index in [9.17, 15) is 14.9 Å². The third-order valence-electron chi connectivity index (χ3n) is 3.28. The molecule has 1 aliphatic carbocycles. The molecule has 0 spiro atoms. The summed E-state index contributed by atoms with van der Waals surface area (Å²) in [5.41, 5.74) is 3.57. The Hall–Kier alpha value is -2.32. The topological polar surface area (TPSA) is 115 Å². The number of aryl methyl sites for hydroxylation is 1. The van der Waals surface area contributed by atoms with Crippen molar-refractivity contribution in [3.8, 4) is 0 Å². The minimum absolute atomic E-state index is 0.150. The first-order chi connectivity index (χ1) is 10.1. The molecule has 0 aliphatic heterocycles. The van der Waals surface area contributed by atoms with Crippen LogP contribution in [0.3, 0.4) is 0 Å². The lowest BCUT2D eigenvalue weighted by Crippen LogP contribution is -2.21. The summed E-state index contributed by atoms with van der Waals surface area (Å²) in [4.78, 5) is 24.9. The summed E-state index contributed by atoms with van der Waals surface area (Å²) in [6.07, 6.45) is 7.95. The van der Waals surface area contributed by atoms with Gasteiger partial charge in [0.05, 0.1) is 6.54 Å². The Labute approximate surface area is 121 Å². The number of aromatic nitrogens is 3. The second-order valence-electron chi connectivity index (χ2n) is 4.94. The zero-order chi connectivity index (χ0) is 15.1. The molecule has 0 atom stereocenters. The van der Waals surface area contributed by atoms with Crippen LogP contribution < -0.4 is 5.43 Å². The molecule has 1 N–H and O–H groups in total. The van der Waals surface area contributed by atoms with Crippen molar-refractivity contribution in [3.05, 3.63) is 16.4 Å². The molecule has 1 aromatic heterocycles. The standard InChI is InChI=1S/C12H18N6O3/c19-11(15-14-10-5-3-1-2-4-6-10)7-8-17-9-13-12(16-17)18(20)21/h9H,1-8H2,(H,15,19). The molecule has 0 radical (unpaired) electrons. The molecule has 0 aromatic carbocycles. The summed E-state index contributed by atoms with van der Waals surface area (Å²) in [6, 6.07) is 0. The van der Waals surface area contributed by atoms with Crippen molar-refractivity contribution in [2.24, 2.45) is 5.10 Å². The zero-order valence-electron chi connectivity index (χ0n) is 11.7. The minimum Gasteiger partial charge on any atom is -0.390 e. The maximum atomic E-state index is 11.7. The number of carbonyl (C=O) groups is 1. The van der Waals surface area contributed by atoms with Gasteiger partial charge in [-0.15, -0.1) is 0 Å². The molecule has 1 amide bonds. The highest BCUT2D eigenvalue weighted by atomic mass is 16.6. The van der Waals surface area contributed by atoms with Crippen molar-refractivity contribution in [1.82, 2.24) is 20.2 Å². The molecule has 21 heavy (non-hydrogen) atoms. The van der Waals surface area contributed by atoms with Crippen LogP contribution in [-0.2, 0) is 11.3 Å². The molecule has 1 aromatic rings. The Morgan fingerprint density at radius 1 is 1.38 bits per heavy atom. The zero-order valence-corrected chi connectivity index (χ0v) is 11.7. The van der Waals surface area contributed by atoms with Gasteiger partial charge in [0.25, 0.3) is 0 Å². The van der Waals surface area contributed by atoms with E-state index in [1.165, 1.54) is 23.9 Å². The number of nitrogens with zero attached hydrogens (tertiary/aromatic N) is 5. The van der Waals surface area contributed by atoms with E-state index in [1.807, 2.05) is 0 Å². The van der Waals surface area contributed by atoms with E-state index in [0.717, 1.165) is 31.4 Å². The quantitative estimate of drug-likeness (QED) is 0.500. The number of amides is 1. The van der Waals surface area contributed by atoms with Crippen LogP contribution in [0, 0.1) is 10.1 Å². The fraction of sp³-hybridized carbons (Fsp3) is 0.667. The van der Waals surface area contributed by atoms with E-state index in [1.54, 1.807) is 0 Å². The summed E-state index contributed by atoms with van der Waals surface area (Å²) in [7, 11) is 0. The number of rotatable bonds is 5. The van der Waals surface area contributed by atoms with Gasteiger partial charge in [-0.1, -0.05) is 17.8 Å². The fourth-order valence-electron chi connectivity index (χ4n) is 2.14. The van der Waals surface area contributed by atoms with Gasteiger partial charge in [0.15, 0.2) is 0 Å². The van der Waals surface area contributed by atoms with Crippen LogP contribution in [0.1, 0.15) is 44.9 Å². The van der Waals surface area contributed by atoms with Crippen molar-refractivity contribution in [2.45, 2.75) is 51.5 Å². The Morgan fingerprint density at radius 3 is 2.71 bits per heavy atom. The van der Waals surface area contributed by atoms with Gasteiger partial charge in [0.2, 0.25) is 12.2 Å². The van der Waals surface area contributed by atoms with Crippen LogP contribution >= 0.6 is 0 Å². The van der Waals surface area contributed by atoms with Crippen molar-refractivity contribution >= 4 is 17.6 Å². The lowest BCUT2D eigenvalue weighted by Gasteiger charge is -2.03. The Kier molecular flexibility index (Phi) is 5.35. The van der Waals surface area contributed by atoms with E-state index >= 15 is 0 Å². The summed E-state index contributed by atoms with van der Waals surface area (Å²) >= 11 is 0. The summed E-state index contributed by atoms with van der Waals surface area (Å²) in [5, 5.41) is 18.2. The molecule has 9 nitrogen and oxygen atoms in total. The van der Waals surface area contributed by atoms with Gasteiger partial charge in [-0.25, -0.2) is 5.43 Å². The minimum atomic E-state index is -0.672. The second kappa shape index (κ2) is 7.46. The molecule has 1 heterocycles. The van der Waals surface area contributed by atoms with Crippen LogP contribution in [-0.4, -0.2) is 31.3 Å². The molecule has 1 saturated carbocycles. The van der Waals surface area contributed by atoms with Crippen LogP contribution in [0.4, 0.5) is 5.95 Å². The van der Waals surface area contributed by atoms with Crippen LogP contribution in [0.15, 0.2) is 11.4 Å². The van der Waals surface area contributed by atoms with Gasteiger partial charge in [0, 0.05) is 17.2 Å². The highest BCUT2D eigenvalue weighted by Crippen LogP contribution is 2.14. The second-order valence-corrected chi connectivity index (χ2v) is 4.94. The van der Waals surface area contributed by atoms with E-state index in [0.29, 0.717) is 0 Å². The van der Waals surface area contributed by atoms with Crippen molar-refractivity contribution < 1.29 is 9.72 Å². The van der Waals surface area contributed by atoms with Crippen molar-refractivity contribution in [2.75, 3.05) is 0 Å². The van der Waals surface area contributed by atoms with E-state index in [-0.39, 0.29) is 18.9 Å². The number of hydrogen-bond donors (Lipinski definition) is 1.